The first kappa shape index (κ1) is 13.8. The molecule has 1 aromatic carbocycles. The molecule has 1 amide bonds. The molecule has 4 nitrogen and oxygen atoms in total. The van der Waals surface area contributed by atoms with Crippen LogP contribution in [0.3, 0.4) is 0 Å². The Morgan fingerprint density at radius 1 is 1.35 bits per heavy atom. The second kappa shape index (κ2) is 5.89. The molecule has 0 heterocycles. The SMILES string of the molecule is CC(=O)O[C@H](C)C(=O)Nc1cc(Cl)ccc1Cl. The molecule has 1 aromatic rings. The van der Waals surface area contributed by atoms with Gasteiger partial charge in [0, 0.05) is 11.9 Å². The number of halogens is 2. The van der Waals surface area contributed by atoms with E-state index in [1.165, 1.54) is 19.9 Å². The quantitative estimate of drug-likeness (QED) is 0.863. The average molecular weight is 276 g/mol. The van der Waals surface area contributed by atoms with Crippen molar-refractivity contribution < 1.29 is 14.3 Å². The van der Waals surface area contributed by atoms with Crippen molar-refractivity contribution in [2.75, 3.05) is 5.32 Å². The summed E-state index contributed by atoms with van der Waals surface area (Å²) in [7, 11) is 0. The first-order valence-corrected chi connectivity index (χ1v) is 5.59. The van der Waals surface area contributed by atoms with Gasteiger partial charge in [-0.2, -0.15) is 0 Å². The van der Waals surface area contributed by atoms with Gasteiger partial charge in [0.15, 0.2) is 6.10 Å². The molecule has 0 aliphatic carbocycles. The number of hydrogen-bond donors (Lipinski definition) is 1. The van der Waals surface area contributed by atoms with E-state index in [9.17, 15) is 9.59 Å². The Balaban J connectivity index is 2.73. The number of amides is 1. The number of esters is 1. The Kier molecular flexibility index (Phi) is 4.78. The van der Waals surface area contributed by atoms with Gasteiger partial charge in [0.2, 0.25) is 0 Å². The molecule has 0 radical (unpaired) electrons. The van der Waals surface area contributed by atoms with Gasteiger partial charge in [0.05, 0.1) is 10.7 Å². The summed E-state index contributed by atoms with van der Waals surface area (Å²) in [6.07, 6.45) is -0.887. The number of benzene rings is 1. The maximum absolute atomic E-state index is 11.6. The maximum atomic E-state index is 11.6. The molecule has 0 fully saturated rings. The van der Waals surface area contributed by atoms with Crippen molar-refractivity contribution >= 4 is 40.8 Å². The fourth-order valence-corrected chi connectivity index (χ4v) is 1.47. The van der Waals surface area contributed by atoms with Crippen molar-refractivity contribution in [2.24, 2.45) is 0 Å². The molecule has 0 spiro atoms. The lowest BCUT2D eigenvalue weighted by molar-refractivity contribution is -0.150. The number of nitrogens with one attached hydrogen (secondary N) is 1. The van der Waals surface area contributed by atoms with Gasteiger partial charge >= 0.3 is 5.97 Å². The summed E-state index contributed by atoms with van der Waals surface area (Å²) < 4.78 is 4.73. The lowest BCUT2D eigenvalue weighted by Crippen LogP contribution is -2.29. The van der Waals surface area contributed by atoms with E-state index < -0.39 is 18.0 Å². The maximum Gasteiger partial charge on any atom is 0.303 e. The van der Waals surface area contributed by atoms with Gasteiger partial charge < -0.3 is 10.1 Å². The minimum absolute atomic E-state index is 0.359. The summed E-state index contributed by atoms with van der Waals surface area (Å²) in [6, 6.07) is 4.69. The van der Waals surface area contributed by atoms with Gasteiger partial charge in [-0.05, 0) is 25.1 Å². The largest absolute Gasteiger partial charge is 0.453 e. The predicted octanol–water partition coefficient (Wildman–Crippen LogP) is 2.88. The number of anilines is 1. The number of carbonyl (C=O) groups is 2. The molecule has 1 atom stereocenters. The van der Waals surface area contributed by atoms with Gasteiger partial charge in [-0.25, -0.2) is 0 Å². The van der Waals surface area contributed by atoms with Crippen LogP contribution in [0.15, 0.2) is 18.2 Å². The van der Waals surface area contributed by atoms with Crippen molar-refractivity contribution in [1.29, 1.82) is 0 Å². The summed E-state index contributed by atoms with van der Waals surface area (Å²) in [5.74, 6) is -0.991. The summed E-state index contributed by atoms with van der Waals surface area (Å²) in [5, 5.41) is 3.33. The van der Waals surface area contributed by atoms with Crippen molar-refractivity contribution in [3.05, 3.63) is 28.2 Å². The Morgan fingerprint density at radius 2 is 2.00 bits per heavy atom. The molecular formula is C11H11Cl2NO3. The van der Waals surface area contributed by atoms with Crippen molar-refractivity contribution in [3.63, 3.8) is 0 Å². The normalized spacial score (nSPS) is 11.8. The first-order valence-electron chi connectivity index (χ1n) is 4.83. The van der Waals surface area contributed by atoms with E-state index in [1.807, 2.05) is 0 Å². The van der Waals surface area contributed by atoms with Crippen molar-refractivity contribution in [3.8, 4) is 0 Å². The third-order valence-electron chi connectivity index (χ3n) is 1.90. The minimum Gasteiger partial charge on any atom is -0.453 e. The standard InChI is InChI=1S/C11H11Cl2NO3/c1-6(17-7(2)15)11(16)14-10-5-8(12)3-4-9(10)13/h3-6H,1-2H3,(H,14,16)/t6-/m1/s1. The van der Waals surface area contributed by atoms with Gasteiger partial charge in [0.25, 0.3) is 5.91 Å². The molecule has 0 saturated heterocycles. The fraction of sp³-hybridized carbons (Fsp3) is 0.273. The van der Waals surface area contributed by atoms with E-state index in [1.54, 1.807) is 12.1 Å². The Morgan fingerprint density at radius 3 is 2.59 bits per heavy atom. The number of hydrogen-bond acceptors (Lipinski definition) is 3. The smallest absolute Gasteiger partial charge is 0.303 e. The second-order valence-corrected chi connectivity index (χ2v) is 4.21. The first-order chi connectivity index (χ1) is 7.90. The van der Waals surface area contributed by atoms with E-state index in [-0.39, 0.29) is 0 Å². The highest BCUT2D eigenvalue weighted by atomic mass is 35.5. The minimum atomic E-state index is -0.887. The van der Waals surface area contributed by atoms with Gasteiger partial charge in [-0.1, -0.05) is 23.2 Å². The predicted molar refractivity (Wildman–Crippen MR) is 66.3 cm³/mol. The molecule has 0 aromatic heterocycles. The van der Waals surface area contributed by atoms with Crippen LogP contribution in [0.1, 0.15) is 13.8 Å². The molecule has 1 N–H and O–H groups in total. The zero-order valence-corrected chi connectivity index (χ0v) is 10.8. The zero-order valence-electron chi connectivity index (χ0n) is 9.29. The highest BCUT2D eigenvalue weighted by Crippen LogP contribution is 2.25. The molecule has 0 unspecified atom stereocenters. The van der Waals surface area contributed by atoms with E-state index in [2.05, 4.69) is 5.32 Å². The van der Waals surface area contributed by atoms with Crippen LogP contribution >= 0.6 is 23.2 Å². The molecule has 92 valence electrons. The van der Waals surface area contributed by atoms with Crippen molar-refractivity contribution in [1.82, 2.24) is 0 Å². The molecule has 0 bridgehead atoms. The van der Waals surface area contributed by atoms with Crippen LogP contribution in [0.4, 0.5) is 5.69 Å². The molecular weight excluding hydrogens is 265 g/mol. The highest BCUT2D eigenvalue weighted by molar-refractivity contribution is 6.35. The molecule has 0 aliphatic rings. The summed E-state index contributed by atoms with van der Waals surface area (Å²) >= 11 is 11.6. The lowest BCUT2D eigenvalue weighted by Gasteiger charge is -2.13. The average Bonchev–Trinajstić information content (AvgIpc) is 2.22. The molecule has 0 saturated carbocycles. The summed E-state index contributed by atoms with van der Waals surface area (Å²) in [6.45, 7) is 2.70. The molecule has 17 heavy (non-hydrogen) atoms. The van der Waals surface area contributed by atoms with E-state index in [0.717, 1.165) is 0 Å². The highest BCUT2D eigenvalue weighted by Gasteiger charge is 2.16. The van der Waals surface area contributed by atoms with Gasteiger partial charge in [-0.3, -0.25) is 9.59 Å². The Hall–Kier alpha value is -1.26. The van der Waals surface area contributed by atoms with E-state index >= 15 is 0 Å². The fourth-order valence-electron chi connectivity index (χ4n) is 1.13. The van der Waals surface area contributed by atoms with E-state index in [0.29, 0.717) is 15.7 Å². The van der Waals surface area contributed by atoms with Crippen LogP contribution in [-0.2, 0) is 14.3 Å². The zero-order chi connectivity index (χ0) is 13.0. The van der Waals surface area contributed by atoms with Gasteiger partial charge in [-0.15, -0.1) is 0 Å². The number of carbonyl (C=O) groups excluding carboxylic acids is 2. The van der Waals surface area contributed by atoms with Crippen LogP contribution < -0.4 is 5.32 Å². The Bertz CT molecular complexity index is 448. The van der Waals surface area contributed by atoms with Crippen LogP contribution in [0.25, 0.3) is 0 Å². The van der Waals surface area contributed by atoms with Crippen molar-refractivity contribution in [2.45, 2.75) is 20.0 Å². The number of rotatable bonds is 3. The summed E-state index contributed by atoms with van der Waals surface area (Å²) in [4.78, 5) is 22.3. The third-order valence-corrected chi connectivity index (χ3v) is 2.46. The van der Waals surface area contributed by atoms with Gasteiger partial charge in [0.1, 0.15) is 0 Å². The second-order valence-electron chi connectivity index (χ2n) is 3.37. The monoisotopic (exact) mass is 275 g/mol. The van der Waals surface area contributed by atoms with Crippen LogP contribution in [0.5, 0.6) is 0 Å². The number of ether oxygens (including phenoxy) is 1. The summed E-state index contributed by atoms with van der Waals surface area (Å²) in [5.41, 5.74) is 0.378. The van der Waals surface area contributed by atoms with Crippen LogP contribution in [-0.4, -0.2) is 18.0 Å². The van der Waals surface area contributed by atoms with Crippen LogP contribution in [0.2, 0.25) is 10.0 Å². The lowest BCUT2D eigenvalue weighted by atomic mass is 10.3. The molecule has 0 aliphatic heterocycles. The Labute approximate surface area is 109 Å². The third kappa shape index (κ3) is 4.24. The van der Waals surface area contributed by atoms with Crippen LogP contribution in [0, 0.1) is 0 Å². The van der Waals surface area contributed by atoms with E-state index in [4.69, 9.17) is 27.9 Å². The molecule has 1 rings (SSSR count). The topological polar surface area (TPSA) is 55.4 Å². The molecule has 6 heteroatoms.